The molecule has 90 valence electrons. The van der Waals surface area contributed by atoms with Gasteiger partial charge in [-0.25, -0.2) is 0 Å². The van der Waals surface area contributed by atoms with E-state index in [1.54, 1.807) is 0 Å². The van der Waals surface area contributed by atoms with Gasteiger partial charge >= 0.3 is 0 Å². The van der Waals surface area contributed by atoms with Crippen LogP contribution < -0.4 is 0 Å². The number of halogens is 1. The predicted molar refractivity (Wildman–Crippen MR) is 75.3 cm³/mol. The van der Waals surface area contributed by atoms with E-state index in [1.165, 1.54) is 29.7 Å². The van der Waals surface area contributed by atoms with Gasteiger partial charge in [0.2, 0.25) is 0 Å². The van der Waals surface area contributed by atoms with Crippen molar-refractivity contribution in [2.75, 3.05) is 18.4 Å². The lowest BCUT2D eigenvalue weighted by Crippen LogP contribution is -2.26. The zero-order valence-electron chi connectivity index (χ0n) is 10.6. The second kappa shape index (κ2) is 7.08. The van der Waals surface area contributed by atoms with E-state index >= 15 is 0 Å². The molecule has 0 saturated heterocycles. The number of hydrogen-bond donors (Lipinski definition) is 0. The largest absolute Gasteiger partial charge is 0.298 e. The van der Waals surface area contributed by atoms with E-state index in [-0.39, 0.29) is 0 Å². The summed E-state index contributed by atoms with van der Waals surface area (Å²) in [4.78, 5) is 2.50. The summed E-state index contributed by atoms with van der Waals surface area (Å²) in [5.41, 5.74) is 4.17. The first kappa shape index (κ1) is 13.7. The smallest absolute Gasteiger partial charge is 0.0234 e. The maximum Gasteiger partial charge on any atom is 0.0234 e. The Bertz CT molecular complexity index is 296. The van der Waals surface area contributed by atoms with Gasteiger partial charge in [-0.05, 0) is 32.4 Å². The van der Waals surface area contributed by atoms with Crippen LogP contribution in [0.25, 0.3) is 0 Å². The molecule has 0 aliphatic carbocycles. The third kappa shape index (κ3) is 4.67. The van der Waals surface area contributed by atoms with Crippen LogP contribution in [0, 0.1) is 13.8 Å². The van der Waals surface area contributed by atoms with Crippen molar-refractivity contribution in [2.45, 2.75) is 33.7 Å². The summed E-state index contributed by atoms with van der Waals surface area (Å²) in [6, 6.07) is 6.83. The standard InChI is InChI=1S/C14H22BrN/c1-4-6-16(7-5-15)11-14-9-12(2)8-13(3)10-14/h8-10H,4-7,11H2,1-3H3. The second-order valence-corrected chi connectivity index (χ2v) is 5.25. The Kier molecular flexibility index (Phi) is 6.07. The van der Waals surface area contributed by atoms with Crippen molar-refractivity contribution in [3.05, 3.63) is 34.9 Å². The van der Waals surface area contributed by atoms with Gasteiger partial charge in [-0.15, -0.1) is 0 Å². The molecule has 0 atom stereocenters. The number of hydrogen-bond acceptors (Lipinski definition) is 1. The summed E-state index contributed by atoms with van der Waals surface area (Å²) in [5.74, 6) is 0. The molecule has 0 bridgehead atoms. The van der Waals surface area contributed by atoms with Gasteiger partial charge in [0.1, 0.15) is 0 Å². The number of aryl methyl sites for hydroxylation is 2. The summed E-state index contributed by atoms with van der Waals surface area (Å²) in [5, 5.41) is 1.05. The van der Waals surface area contributed by atoms with Crippen LogP contribution in [0.1, 0.15) is 30.0 Å². The van der Waals surface area contributed by atoms with Gasteiger partial charge in [0.05, 0.1) is 0 Å². The van der Waals surface area contributed by atoms with Crippen molar-refractivity contribution in [1.82, 2.24) is 4.90 Å². The molecule has 16 heavy (non-hydrogen) atoms. The van der Waals surface area contributed by atoms with Crippen molar-refractivity contribution in [1.29, 1.82) is 0 Å². The van der Waals surface area contributed by atoms with E-state index in [0.717, 1.165) is 18.4 Å². The van der Waals surface area contributed by atoms with Gasteiger partial charge < -0.3 is 0 Å². The Morgan fingerprint density at radius 1 is 1.06 bits per heavy atom. The van der Waals surface area contributed by atoms with E-state index < -0.39 is 0 Å². The third-order valence-corrected chi connectivity index (χ3v) is 2.98. The Morgan fingerprint density at radius 2 is 1.69 bits per heavy atom. The lowest BCUT2D eigenvalue weighted by molar-refractivity contribution is 0.283. The summed E-state index contributed by atoms with van der Waals surface area (Å²) in [7, 11) is 0. The molecule has 0 saturated carbocycles. The first-order valence-electron chi connectivity index (χ1n) is 6.01. The predicted octanol–water partition coefficient (Wildman–Crippen LogP) is 3.91. The van der Waals surface area contributed by atoms with Crippen molar-refractivity contribution < 1.29 is 0 Å². The van der Waals surface area contributed by atoms with Gasteiger partial charge in [0.15, 0.2) is 0 Å². The van der Waals surface area contributed by atoms with Crippen LogP contribution in [-0.2, 0) is 6.54 Å². The molecular weight excluding hydrogens is 262 g/mol. The molecule has 0 aliphatic heterocycles. The van der Waals surface area contributed by atoms with E-state index in [4.69, 9.17) is 0 Å². The van der Waals surface area contributed by atoms with E-state index in [1.807, 2.05) is 0 Å². The first-order valence-corrected chi connectivity index (χ1v) is 7.13. The number of rotatable bonds is 6. The molecule has 0 fully saturated rings. The zero-order valence-corrected chi connectivity index (χ0v) is 12.2. The van der Waals surface area contributed by atoms with Gasteiger partial charge in [-0.3, -0.25) is 4.90 Å². The molecular formula is C14H22BrN. The van der Waals surface area contributed by atoms with Crippen molar-refractivity contribution in [3.63, 3.8) is 0 Å². The fourth-order valence-electron chi connectivity index (χ4n) is 2.12. The Balaban J connectivity index is 2.68. The van der Waals surface area contributed by atoms with Gasteiger partial charge in [0.25, 0.3) is 0 Å². The Hall–Kier alpha value is -0.340. The highest BCUT2D eigenvalue weighted by atomic mass is 79.9. The van der Waals surface area contributed by atoms with Gasteiger partial charge in [-0.1, -0.05) is 52.2 Å². The highest BCUT2D eigenvalue weighted by molar-refractivity contribution is 9.09. The fraction of sp³-hybridized carbons (Fsp3) is 0.571. The van der Waals surface area contributed by atoms with Crippen molar-refractivity contribution in [3.8, 4) is 0 Å². The molecule has 1 aromatic rings. The Labute approximate surface area is 108 Å². The zero-order chi connectivity index (χ0) is 12.0. The molecule has 2 heteroatoms. The SMILES string of the molecule is CCCN(CCBr)Cc1cc(C)cc(C)c1. The molecule has 1 rings (SSSR count). The minimum atomic E-state index is 1.05. The molecule has 0 amide bonds. The van der Waals surface area contributed by atoms with E-state index in [0.29, 0.717) is 0 Å². The molecule has 0 aromatic heterocycles. The van der Waals surface area contributed by atoms with Crippen LogP contribution in [-0.4, -0.2) is 23.3 Å². The molecule has 0 aliphatic rings. The quantitative estimate of drug-likeness (QED) is 0.716. The maximum absolute atomic E-state index is 3.52. The summed E-state index contributed by atoms with van der Waals surface area (Å²) in [6.07, 6.45) is 1.22. The van der Waals surface area contributed by atoms with Crippen LogP contribution in [0.4, 0.5) is 0 Å². The lowest BCUT2D eigenvalue weighted by Gasteiger charge is -2.21. The highest BCUT2D eigenvalue weighted by Gasteiger charge is 2.04. The van der Waals surface area contributed by atoms with Crippen molar-refractivity contribution >= 4 is 15.9 Å². The number of alkyl halides is 1. The van der Waals surface area contributed by atoms with Crippen molar-refractivity contribution in [2.24, 2.45) is 0 Å². The molecule has 0 radical (unpaired) electrons. The topological polar surface area (TPSA) is 3.24 Å². The van der Waals surface area contributed by atoms with Crippen LogP contribution in [0.2, 0.25) is 0 Å². The molecule has 1 aromatic carbocycles. The van der Waals surface area contributed by atoms with Crippen LogP contribution in [0.5, 0.6) is 0 Å². The second-order valence-electron chi connectivity index (χ2n) is 4.46. The van der Waals surface area contributed by atoms with Gasteiger partial charge in [-0.2, -0.15) is 0 Å². The molecule has 0 N–H and O–H groups in total. The minimum absolute atomic E-state index is 1.05. The molecule has 0 spiro atoms. The summed E-state index contributed by atoms with van der Waals surface area (Å²) in [6.45, 7) is 9.96. The van der Waals surface area contributed by atoms with Crippen LogP contribution in [0.3, 0.4) is 0 Å². The average Bonchev–Trinajstić information content (AvgIpc) is 2.16. The summed E-state index contributed by atoms with van der Waals surface area (Å²) >= 11 is 3.52. The first-order chi connectivity index (χ1) is 7.65. The Morgan fingerprint density at radius 3 is 2.19 bits per heavy atom. The monoisotopic (exact) mass is 283 g/mol. The number of benzene rings is 1. The highest BCUT2D eigenvalue weighted by Crippen LogP contribution is 2.11. The normalized spacial score (nSPS) is 11.1. The summed E-state index contributed by atoms with van der Waals surface area (Å²) < 4.78 is 0. The van der Waals surface area contributed by atoms with Crippen LogP contribution >= 0.6 is 15.9 Å². The molecule has 1 nitrogen and oxygen atoms in total. The van der Waals surface area contributed by atoms with Crippen LogP contribution in [0.15, 0.2) is 18.2 Å². The van der Waals surface area contributed by atoms with E-state index in [2.05, 4.69) is 59.8 Å². The maximum atomic E-state index is 3.52. The fourth-order valence-corrected chi connectivity index (χ4v) is 2.63. The van der Waals surface area contributed by atoms with E-state index in [9.17, 15) is 0 Å². The molecule has 0 unspecified atom stereocenters. The van der Waals surface area contributed by atoms with Gasteiger partial charge in [0, 0.05) is 18.4 Å². The third-order valence-electron chi connectivity index (χ3n) is 2.63. The number of nitrogens with zero attached hydrogens (tertiary/aromatic N) is 1. The lowest BCUT2D eigenvalue weighted by atomic mass is 10.1. The minimum Gasteiger partial charge on any atom is -0.298 e. The molecule has 0 heterocycles. The average molecular weight is 284 g/mol.